The Morgan fingerprint density at radius 1 is 1.80 bits per heavy atom. The highest BCUT2D eigenvalue weighted by Crippen LogP contribution is 1.92. The van der Waals surface area contributed by atoms with Crippen LogP contribution in [0.15, 0.2) is 0 Å². The van der Waals surface area contributed by atoms with Crippen molar-refractivity contribution in [2.24, 2.45) is 0 Å². The molecule has 0 aliphatic rings. The van der Waals surface area contributed by atoms with E-state index in [2.05, 4.69) is 4.74 Å². The molecule has 1 unspecified atom stereocenters. The van der Waals surface area contributed by atoms with Crippen molar-refractivity contribution in [3.63, 3.8) is 0 Å². The number of ether oxygens (including phenoxy) is 1. The van der Waals surface area contributed by atoms with Gasteiger partial charge in [-0.15, -0.1) is 0 Å². The molecule has 4 radical (unpaired) electrons. The molecule has 0 saturated heterocycles. The van der Waals surface area contributed by atoms with Gasteiger partial charge in [0.25, 0.3) is 0 Å². The second-order valence-corrected chi connectivity index (χ2v) is 1.67. The summed E-state index contributed by atoms with van der Waals surface area (Å²) < 4.78 is 4.87. The highest BCUT2D eigenvalue weighted by Gasteiger charge is 2.18. The molecule has 52 valence electrons. The lowest BCUT2D eigenvalue weighted by Gasteiger charge is -2.19. The van der Waals surface area contributed by atoms with E-state index >= 15 is 0 Å². The van der Waals surface area contributed by atoms with Crippen LogP contribution in [0.2, 0.25) is 0 Å². The Morgan fingerprint density at radius 2 is 2.30 bits per heavy atom. The van der Waals surface area contributed by atoms with Gasteiger partial charge in [0.15, 0.2) is 16.0 Å². The molecule has 0 amide bonds. The van der Waals surface area contributed by atoms with Crippen LogP contribution >= 0.6 is 0 Å². The normalized spacial score (nSPS) is 13.1. The van der Waals surface area contributed by atoms with E-state index in [1.54, 1.807) is 0 Å². The lowest BCUT2D eigenvalue weighted by Crippen LogP contribution is -2.41. The van der Waals surface area contributed by atoms with Gasteiger partial charge in [0.2, 0.25) is 0 Å². The van der Waals surface area contributed by atoms with Gasteiger partial charge in [0, 0.05) is 0 Å². The summed E-state index contributed by atoms with van der Waals surface area (Å²) in [5, 5.41) is 8.50. The van der Waals surface area contributed by atoms with Crippen LogP contribution in [0.1, 0.15) is 0 Å². The molecule has 6 heteroatoms. The number of aliphatic hydroxyl groups is 1. The zero-order chi connectivity index (χ0) is 8.15. The largest absolute Gasteiger partial charge is 0.468 e. The SMILES string of the molecule is [B]N([B])C(CO)C(=O)OC. The fourth-order valence-electron chi connectivity index (χ4n) is 0.427. The molecule has 0 rings (SSSR count). The van der Waals surface area contributed by atoms with Gasteiger partial charge in [-0.25, -0.2) is 0 Å². The van der Waals surface area contributed by atoms with Gasteiger partial charge in [0.1, 0.15) is 6.04 Å². The van der Waals surface area contributed by atoms with E-state index in [1.807, 2.05) is 0 Å². The average Bonchev–Trinajstić information content (AvgIpc) is 1.88. The van der Waals surface area contributed by atoms with Crippen molar-refractivity contribution in [1.82, 2.24) is 4.72 Å². The maximum Gasteiger partial charge on any atom is 0.323 e. The summed E-state index contributed by atoms with van der Waals surface area (Å²) in [6, 6.07) is -0.981. The van der Waals surface area contributed by atoms with Crippen LogP contribution in [0.5, 0.6) is 0 Å². The summed E-state index contributed by atoms with van der Waals surface area (Å²) in [6.45, 7) is -0.459. The number of methoxy groups -OCH3 is 1. The fraction of sp³-hybridized carbons (Fsp3) is 0.750. The van der Waals surface area contributed by atoms with Crippen LogP contribution in [0.4, 0.5) is 0 Å². The number of carbonyl (C=O) groups is 1. The van der Waals surface area contributed by atoms with E-state index in [1.165, 1.54) is 7.11 Å². The first-order valence-electron chi connectivity index (χ1n) is 2.60. The highest BCUT2D eigenvalue weighted by atomic mass is 16.5. The number of hydrogen-bond acceptors (Lipinski definition) is 4. The minimum atomic E-state index is -0.981. The Bertz CT molecular complexity index is 119. The molecule has 10 heavy (non-hydrogen) atoms. The third-order valence-corrected chi connectivity index (χ3v) is 1.01. The number of nitrogens with zero attached hydrogens (tertiary/aromatic N) is 1. The van der Waals surface area contributed by atoms with E-state index in [-0.39, 0.29) is 0 Å². The number of carbonyl (C=O) groups excluding carboxylic acids is 1. The van der Waals surface area contributed by atoms with Crippen molar-refractivity contribution in [3.05, 3.63) is 0 Å². The van der Waals surface area contributed by atoms with Gasteiger partial charge in [0.05, 0.1) is 13.7 Å². The van der Waals surface area contributed by atoms with Crippen LogP contribution < -0.4 is 0 Å². The molecule has 0 spiro atoms. The highest BCUT2D eigenvalue weighted by molar-refractivity contribution is 6.26. The van der Waals surface area contributed by atoms with Gasteiger partial charge in [-0.05, 0) is 0 Å². The minimum absolute atomic E-state index is 0.459. The predicted molar refractivity (Wildman–Crippen MR) is 36.2 cm³/mol. The van der Waals surface area contributed by atoms with Crippen LogP contribution in [-0.2, 0) is 9.53 Å². The Hall–Kier alpha value is -0.480. The number of hydrogen-bond donors (Lipinski definition) is 1. The molecular formula is C4H7B2NO3. The summed E-state index contributed by atoms with van der Waals surface area (Å²) >= 11 is 0. The van der Waals surface area contributed by atoms with E-state index in [0.717, 1.165) is 0 Å². The molecule has 0 aromatic heterocycles. The second kappa shape index (κ2) is 4.35. The van der Waals surface area contributed by atoms with Gasteiger partial charge >= 0.3 is 5.97 Å². The van der Waals surface area contributed by atoms with Crippen molar-refractivity contribution in [2.75, 3.05) is 13.7 Å². The number of esters is 1. The van der Waals surface area contributed by atoms with Crippen molar-refractivity contribution < 1.29 is 14.6 Å². The maximum absolute atomic E-state index is 10.6. The van der Waals surface area contributed by atoms with Crippen molar-refractivity contribution in [2.45, 2.75) is 6.04 Å². The molecule has 1 atom stereocenters. The van der Waals surface area contributed by atoms with Crippen LogP contribution in [-0.4, -0.2) is 51.5 Å². The standard InChI is InChI=1S/C4H7B2NO3/c1-10-4(9)3(2-8)7(5)6/h3,8H,2H2,1H3. The Kier molecular flexibility index (Phi) is 4.14. The summed E-state index contributed by atoms with van der Waals surface area (Å²) in [6.07, 6.45) is 0. The first kappa shape index (κ1) is 9.52. The lowest BCUT2D eigenvalue weighted by atomic mass is 10.1. The molecule has 0 heterocycles. The van der Waals surface area contributed by atoms with E-state index in [0.29, 0.717) is 4.72 Å². The Labute approximate surface area is 62.0 Å². The van der Waals surface area contributed by atoms with Gasteiger partial charge in [-0.2, -0.15) is 0 Å². The first-order valence-corrected chi connectivity index (χ1v) is 2.60. The summed E-state index contributed by atoms with van der Waals surface area (Å²) in [4.78, 5) is 10.6. The smallest absolute Gasteiger partial charge is 0.323 e. The zero-order valence-electron chi connectivity index (χ0n) is 5.65. The van der Waals surface area contributed by atoms with Crippen LogP contribution in [0, 0.1) is 0 Å². The zero-order valence-corrected chi connectivity index (χ0v) is 5.65. The third-order valence-electron chi connectivity index (χ3n) is 1.01. The van der Waals surface area contributed by atoms with E-state index in [4.69, 9.17) is 21.1 Å². The summed E-state index contributed by atoms with van der Waals surface area (Å²) in [5.41, 5.74) is 0. The summed E-state index contributed by atoms with van der Waals surface area (Å²) in [7, 11) is 11.1. The molecule has 1 N–H and O–H groups in total. The average molecular weight is 139 g/mol. The lowest BCUT2D eigenvalue weighted by molar-refractivity contribution is -0.145. The maximum atomic E-state index is 10.6. The van der Waals surface area contributed by atoms with Gasteiger partial charge in [-0.3, -0.25) is 4.79 Å². The third kappa shape index (κ3) is 2.41. The van der Waals surface area contributed by atoms with Crippen molar-refractivity contribution in [1.29, 1.82) is 0 Å². The van der Waals surface area contributed by atoms with E-state index in [9.17, 15) is 4.79 Å². The topological polar surface area (TPSA) is 49.8 Å². The Morgan fingerprint density at radius 3 is 2.40 bits per heavy atom. The molecule has 0 aromatic carbocycles. The predicted octanol–water partition coefficient (Wildman–Crippen LogP) is -2.01. The molecule has 0 aliphatic carbocycles. The number of aliphatic hydroxyl groups excluding tert-OH is 1. The molecule has 0 fully saturated rings. The molecular weight excluding hydrogens is 132 g/mol. The van der Waals surface area contributed by atoms with Crippen molar-refractivity contribution >= 4 is 21.9 Å². The minimum Gasteiger partial charge on any atom is -0.468 e. The van der Waals surface area contributed by atoms with Crippen LogP contribution in [0.3, 0.4) is 0 Å². The summed E-state index contributed by atoms with van der Waals surface area (Å²) in [5.74, 6) is -0.660. The first-order chi connectivity index (χ1) is 4.63. The fourth-order valence-corrected chi connectivity index (χ4v) is 0.427. The quantitative estimate of drug-likeness (QED) is 0.362. The Balaban J connectivity index is 3.93. The molecule has 0 aromatic rings. The molecule has 0 saturated carbocycles. The van der Waals surface area contributed by atoms with Gasteiger partial charge < -0.3 is 14.6 Å². The van der Waals surface area contributed by atoms with Crippen molar-refractivity contribution in [3.8, 4) is 0 Å². The number of rotatable bonds is 3. The molecule has 0 aliphatic heterocycles. The molecule has 0 bridgehead atoms. The molecule has 4 nitrogen and oxygen atoms in total. The second-order valence-electron chi connectivity index (χ2n) is 1.67. The van der Waals surface area contributed by atoms with Crippen LogP contribution in [0.25, 0.3) is 0 Å². The van der Waals surface area contributed by atoms with Gasteiger partial charge in [-0.1, -0.05) is 0 Å². The monoisotopic (exact) mass is 139 g/mol. The van der Waals surface area contributed by atoms with E-state index < -0.39 is 18.6 Å².